The van der Waals surface area contributed by atoms with Crippen molar-refractivity contribution in [3.05, 3.63) is 41.2 Å². The largest absolute Gasteiger partial charge is 0.493 e. The number of aromatic nitrogens is 3. The van der Waals surface area contributed by atoms with E-state index in [9.17, 15) is 9.18 Å². The molecule has 0 aliphatic carbocycles. The molecular formula is C18H23FN4O2. The number of hydrogen-bond donors (Lipinski definition) is 0. The Bertz CT molecular complexity index is 774. The average Bonchev–Trinajstić information content (AvgIpc) is 2.99. The molecule has 3 rings (SSSR count). The number of aryl methyl sites for hydroxylation is 3. The van der Waals surface area contributed by atoms with Crippen molar-refractivity contribution in [3.63, 3.8) is 0 Å². The fraction of sp³-hybridized carbons (Fsp3) is 0.500. The van der Waals surface area contributed by atoms with Crippen LogP contribution in [0.15, 0.2) is 18.5 Å². The molecule has 0 fully saturated rings. The Hall–Kier alpha value is -2.44. The zero-order chi connectivity index (χ0) is 18.0. The number of halogens is 1. The van der Waals surface area contributed by atoms with Crippen LogP contribution in [0.25, 0.3) is 0 Å². The van der Waals surface area contributed by atoms with E-state index in [0.717, 1.165) is 17.0 Å². The van der Waals surface area contributed by atoms with Crippen molar-refractivity contribution in [2.24, 2.45) is 7.05 Å². The summed E-state index contributed by atoms with van der Waals surface area (Å²) in [6.07, 6.45) is 3.17. The van der Waals surface area contributed by atoms with Crippen LogP contribution in [-0.2, 0) is 18.3 Å². The fourth-order valence-corrected chi connectivity index (χ4v) is 3.42. The lowest BCUT2D eigenvalue weighted by Crippen LogP contribution is -2.37. The third-order valence-corrected chi connectivity index (χ3v) is 4.67. The Morgan fingerprint density at radius 3 is 2.96 bits per heavy atom. The number of ether oxygens (including phenoxy) is 1. The van der Waals surface area contributed by atoms with E-state index in [1.807, 2.05) is 30.4 Å². The molecule has 2 aromatic rings. The van der Waals surface area contributed by atoms with E-state index in [2.05, 4.69) is 10.2 Å². The highest BCUT2D eigenvalue weighted by Gasteiger charge is 2.30. The van der Waals surface area contributed by atoms with Gasteiger partial charge in [-0.05, 0) is 31.5 Å². The topological polar surface area (TPSA) is 60.2 Å². The minimum atomic E-state index is -0.297. The van der Waals surface area contributed by atoms with Crippen molar-refractivity contribution < 1.29 is 13.9 Å². The van der Waals surface area contributed by atoms with Crippen LogP contribution >= 0.6 is 0 Å². The normalized spacial score (nSPS) is 16.2. The van der Waals surface area contributed by atoms with Gasteiger partial charge in [-0.15, -0.1) is 10.2 Å². The first kappa shape index (κ1) is 17.4. The summed E-state index contributed by atoms with van der Waals surface area (Å²) in [4.78, 5) is 14.6. The number of nitrogens with zero attached hydrogens (tertiary/aromatic N) is 4. The number of fused-ring (bicyclic) bond motifs is 1. The van der Waals surface area contributed by atoms with E-state index in [-0.39, 0.29) is 17.8 Å². The van der Waals surface area contributed by atoms with Crippen molar-refractivity contribution in [1.82, 2.24) is 19.7 Å². The van der Waals surface area contributed by atoms with Gasteiger partial charge in [0.25, 0.3) is 0 Å². The molecule has 1 aliphatic heterocycles. The standard InChI is InChI=1S/C18H23FN4O2/c1-4-23(17(24)6-5-16-21-20-11-22(16)3)15-7-8-25-18-12(2)9-13(19)10-14(15)18/h9-11,15H,4-8H2,1-3H3. The first-order valence-electron chi connectivity index (χ1n) is 8.56. The second-order valence-corrected chi connectivity index (χ2v) is 6.33. The lowest BCUT2D eigenvalue weighted by atomic mass is 9.96. The molecule has 1 aromatic heterocycles. The molecule has 1 amide bonds. The Labute approximate surface area is 146 Å². The van der Waals surface area contributed by atoms with Crippen LogP contribution in [0.1, 0.15) is 42.8 Å². The van der Waals surface area contributed by atoms with Crippen LogP contribution in [0.2, 0.25) is 0 Å². The zero-order valence-electron chi connectivity index (χ0n) is 14.8. The summed E-state index contributed by atoms with van der Waals surface area (Å²) in [5.74, 6) is 1.22. The van der Waals surface area contributed by atoms with E-state index in [4.69, 9.17) is 4.74 Å². The van der Waals surface area contributed by atoms with Crippen molar-refractivity contribution in [3.8, 4) is 5.75 Å². The van der Waals surface area contributed by atoms with E-state index in [1.54, 1.807) is 6.33 Å². The molecule has 1 atom stereocenters. The molecule has 0 bridgehead atoms. The molecule has 0 radical (unpaired) electrons. The van der Waals surface area contributed by atoms with Gasteiger partial charge in [-0.1, -0.05) is 0 Å². The molecule has 0 N–H and O–H groups in total. The maximum atomic E-state index is 13.9. The summed E-state index contributed by atoms with van der Waals surface area (Å²) in [7, 11) is 1.86. The summed E-state index contributed by atoms with van der Waals surface area (Å²) < 4.78 is 21.4. The molecule has 6 nitrogen and oxygen atoms in total. The van der Waals surface area contributed by atoms with Crippen LogP contribution in [0.4, 0.5) is 4.39 Å². The maximum absolute atomic E-state index is 13.9. The van der Waals surface area contributed by atoms with Gasteiger partial charge in [-0.25, -0.2) is 4.39 Å². The van der Waals surface area contributed by atoms with E-state index >= 15 is 0 Å². The third kappa shape index (κ3) is 3.50. The minimum Gasteiger partial charge on any atom is -0.493 e. The van der Waals surface area contributed by atoms with Gasteiger partial charge in [0.2, 0.25) is 5.91 Å². The lowest BCUT2D eigenvalue weighted by Gasteiger charge is -2.36. The van der Waals surface area contributed by atoms with Crippen molar-refractivity contribution >= 4 is 5.91 Å². The first-order valence-corrected chi connectivity index (χ1v) is 8.56. The number of amides is 1. The maximum Gasteiger partial charge on any atom is 0.223 e. The molecule has 1 aromatic carbocycles. The van der Waals surface area contributed by atoms with Gasteiger partial charge in [0.05, 0.1) is 12.6 Å². The van der Waals surface area contributed by atoms with Gasteiger partial charge in [-0.3, -0.25) is 4.79 Å². The van der Waals surface area contributed by atoms with Gasteiger partial charge < -0.3 is 14.2 Å². The molecule has 134 valence electrons. The summed E-state index contributed by atoms with van der Waals surface area (Å²) in [5.41, 5.74) is 1.53. The number of benzene rings is 1. The zero-order valence-corrected chi connectivity index (χ0v) is 14.8. The number of carbonyl (C=O) groups is 1. The van der Waals surface area contributed by atoms with Gasteiger partial charge in [-0.2, -0.15) is 0 Å². The minimum absolute atomic E-state index is 0.0327. The Morgan fingerprint density at radius 2 is 2.28 bits per heavy atom. The molecular weight excluding hydrogens is 323 g/mol. The SMILES string of the molecule is CCN(C(=O)CCc1nncn1C)C1CCOc2c(C)cc(F)cc21. The van der Waals surface area contributed by atoms with E-state index < -0.39 is 0 Å². The lowest BCUT2D eigenvalue weighted by molar-refractivity contribution is -0.134. The summed E-state index contributed by atoms with van der Waals surface area (Å²) in [5, 5.41) is 7.85. The fourth-order valence-electron chi connectivity index (χ4n) is 3.42. The summed E-state index contributed by atoms with van der Waals surface area (Å²) >= 11 is 0. The van der Waals surface area contributed by atoms with Gasteiger partial charge in [0.15, 0.2) is 0 Å². The predicted molar refractivity (Wildman–Crippen MR) is 90.7 cm³/mol. The molecule has 2 heterocycles. The van der Waals surface area contributed by atoms with Crippen molar-refractivity contribution in [2.75, 3.05) is 13.2 Å². The summed E-state index contributed by atoms with van der Waals surface area (Å²) in [6.45, 7) is 4.87. The molecule has 0 spiro atoms. The second kappa shape index (κ2) is 7.21. The Morgan fingerprint density at radius 1 is 1.48 bits per heavy atom. The predicted octanol–water partition coefficient (Wildman–Crippen LogP) is 2.57. The van der Waals surface area contributed by atoms with Crippen LogP contribution in [0, 0.1) is 12.7 Å². The molecule has 1 unspecified atom stereocenters. The van der Waals surface area contributed by atoms with Crippen molar-refractivity contribution in [2.45, 2.75) is 39.2 Å². The highest BCUT2D eigenvalue weighted by molar-refractivity contribution is 5.77. The third-order valence-electron chi connectivity index (χ3n) is 4.67. The Balaban J connectivity index is 1.80. The molecule has 1 aliphatic rings. The van der Waals surface area contributed by atoms with Crippen LogP contribution in [0.3, 0.4) is 0 Å². The monoisotopic (exact) mass is 346 g/mol. The van der Waals surface area contributed by atoms with Crippen LogP contribution in [-0.4, -0.2) is 38.7 Å². The van der Waals surface area contributed by atoms with Crippen LogP contribution < -0.4 is 4.74 Å². The quantitative estimate of drug-likeness (QED) is 0.835. The number of carbonyl (C=O) groups excluding carboxylic acids is 1. The van der Waals surface area contributed by atoms with E-state index in [1.165, 1.54) is 12.1 Å². The second-order valence-electron chi connectivity index (χ2n) is 6.33. The average molecular weight is 346 g/mol. The molecule has 7 heteroatoms. The van der Waals surface area contributed by atoms with Gasteiger partial charge in [0.1, 0.15) is 23.7 Å². The first-order chi connectivity index (χ1) is 12.0. The Kier molecular flexibility index (Phi) is 5.01. The number of rotatable bonds is 5. The summed E-state index contributed by atoms with van der Waals surface area (Å²) in [6, 6.07) is 2.80. The van der Waals surface area contributed by atoms with E-state index in [0.29, 0.717) is 38.2 Å². The van der Waals surface area contributed by atoms with Crippen molar-refractivity contribution in [1.29, 1.82) is 0 Å². The highest BCUT2D eigenvalue weighted by atomic mass is 19.1. The van der Waals surface area contributed by atoms with Gasteiger partial charge in [0, 0.05) is 38.4 Å². The highest BCUT2D eigenvalue weighted by Crippen LogP contribution is 2.39. The smallest absolute Gasteiger partial charge is 0.223 e. The number of hydrogen-bond acceptors (Lipinski definition) is 4. The molecule has 0 saturated carbocycles. The van der Waals surface area contributed by atoms with Crippen LogP contribution in [0.5, 0.6) is 5.75 Å². The molecule has 25 heavy (non-hydrogen) atoms. The molecule has 0 saturated heterocycles. The van der Waals surface area contributed by atoms with Gasteiger partial charge >= 0.3 is 0 Å².